The molecule has 12 rings (SSSR count). The standard InChI is InChI=1S/C60H41N7Si/c1-6-22-42(23-7-1)55-61-57(64-58(62-55)46-28-21-35-50(41-46)68(47-29-10-3-11-30-47,48-31-12-4-13-32-48)49-33-14-5-15-34-49)44-26-20-27-45(40-44)59-63-56(43-24-8-2-9-25-43)65-60(66-59)67-53-38-18-16-36-51(53)52-37-17-19-39-54(52)67/h1-41H. The molecular weight excluding hydrogens is 847 g/mol. The van der Waals surface area contributed by atoms with Gasteiger partial charge in [0, 0.05) is 38.6 Å². The second-order valence-corrected chi connectivity index (χ2v) is 20.5. The van der Waals surface area contributed by atoms with Crippen molar-refractivity contribution in [3.8, 4) is 62.9 Å². The molecule has 320 valence electrons. The molecule has 9 aromatic carbocycles. The van der Waals surface area contributed by atoms with Gasteiger partial charge in [0.1, 0.15) is 0 Å². The van der Waals surface area contributed by atoms with Gasteiger partial charge in [-0.3, -0.25) is 4.57 Å². The van der Waals surface area contributed by atoms with E-state index in [2.05, 4.69) is 174 Å². The third-order valence-corrected chi connectivity index (χ3v) is 17.4. The van der Waals surface area contributed by atoms with Gasteiger partial charge in [-0.1, -0.05) is 231 Å². The summed E-state index contributed by atoms with van der Waals surface area (Å²) in [6.07, 6.45) is 0. The van der Waals surface area contributed by atoms with Crippen LogP contribution in [0.5, 0.6) is 0 Å². The molecule has 0 atom stereocenters. The van der Waals surface area contributed by atoms with Crippen LogP contribution in [0.25, 0.3) is 84.7 Å². The second kappa shape index (κ2) is 17.4. The Morgan fingerprint density at radius 1 is 0.250 bits per heavy atom. The smallest absolute Gasteiger partial charge is 0.238 e. The molecule has 0 aliphatic heterocycles. The van der Waals surface area contributed by atoms with E-state index in [1.807, 2.05) is 78.9 Å². The van der Waals surface area contributed by atoms with E-state index < -0.39 is 8.07 Å². The van der Waals surface area contributed by atoms with Gasteiger partial charge in [-0.15, -0.1) is 0 Å². The Kier molecular flexibility index (Phi) is 10.4. The maximum atomic E-state index is 5.30. The minimum absolute atomic E-state index is 0.534. The zero-order valence-electron chi connectivity index (χ0n) is 36.8. The number of para-hydroxylation sites is 2. The van der Waals surface area contributed by atoms with Crippen LogP contribution < -0.4 is 20.7 Å². The zero-order valence-corrected chi connectivity index (χ0v) is 37.8. The van der Waals surface area contributed by atoms with Crippen LogP contribution in [0.2, 0.25) is 0 Å². The van der Waals surface area contributed by atoms with Gasteiger partial charge in [0.05, 0.1) is 11.0 Å². The molecule has 12 aromatic rings. The summed E-state index contributed by atoms with van der Waals surface area (Å²) < 4.78 is 2.13. The molecule has 0 spiro atoms. The van der Waals surface area contributed by atoms with Gasteiger partial charge < -0.3 is 0 Å². The molecule has 0 bridgehead atoms. The van der Waals surface area contributed by atoms with Crippen molar-refractivity contribution in [1.82, 2.24) is 34.5 Å². The largest absolute Gasteiger partial charge is 0.278 e. The molecule has 0 unspecified atom stereocenters. The first-order chi connectivity index (χ1) is 33.7. The maximum Gasteiger partial charge on any atom is 0.238 e. The number of benzene rings is 9. The number of fused-ring (bicyclic) bond motifs is 3. The van der Waals surface area contributed by atoms with Crippen LogP contribution in [0.15, 0.2) is 249 Å². The molecule has 0 N–H and O–H groups in total. The Morgan fingerprint density at radius 2 is 0.559 bits per heavy atom. The Labute approximate surface area is 394 Å². The van der Waals surface area contributed by atoms with Crippen molar-refractivity contribution in [2.45, 2.75) is 0 Å². The molecule has 7 nitrogen and oxygen atoms in total. The van der Waals surface area contributed by atoms with Crippen molar-refractivity contribution in [2.24, 2.45) is 0 Å². The predicted molar refractivity (Wildman–Crippen MR) is 278 cm³/mol. The van der Waals surface area contributed by atoms with E-state index in [0.717, 1.165) is 49.6 Å². The average Bonchev–Trinajstić information content (AvgIpc) is 3.77. The molecule has 0 fully saturated rings. The fourth-order valence-corrected chi connectivity index (χ4v) is 14.3. The monoisotopic (exact) mass is 887 g/mol. The second-order valence-electron chi connectivity index (χ2n) is 16.7. The minimum atomic E-state index is -2.84. The minimum Gasteiger partial charge on any atom is -0.278 e. The van der Waals surface area contributed by atoms with E-state index >= 15 is 0 Å². The van der Waals surface area contributed by atoms with E-state index in [4.69, 9.17) is 29.9 Å². The fraction of sp³-hybridized carbons (Fsp3) is 0. The van der Waals surface area contributed by atoms with Crippen molar-refractivity contribution in [1.29, 1.82) is 0 Å². The lowest BCUT2D eigenvalue weighted by atomic mass is 10.1. The number of hydrogen-bond acceptors (Lipinski definition) is 6. The Bertz CT molecular complexity index is 3580. The molecule has 68 heavy (non-hydrogen) atoms. The van der Waals surface area contributed by atoms with E-state index in [1.54, 1.807) is 0 Å². The summed E-state index contributed by atoms with van der Waals surface area (Å²) >= 11 is 0. The highest BCUT2D eigenvalue weighted by atomic mass is 28.3. The van der Waals surface area contributed by atoms with Gasteiger partial charge in [0.15, 0.2) is 37.2 Å². The topological polar surface area (TPSA) is 82.3 Å². The predicted octanol–water partition coefficient (Wildman–Crippen LogP) is 10.9. The Morgan fingerprint density at radius 3 is 1.01 bits per heavy atom. The average molecular weight is 888 g/mol. The van der Waals surface area contributed by atoms with Crippen molar-refractivity contribution in [3.05, 3.63) is 249 Å². The van der Waals surface area contributed by atoms with Crippen molar-refractivity contribution < 1.29 is 0 Å². The van der Waals surface area contributed by atoms with Crippen LogP contribution in [0.1, 0.15) is 0 Å². The number of aromatic nitrogens is 7. The normalized spacial score (nSPS) is 11.5. The first kappa shape index (κ1) is 40.5. The number of hydrogen-bond donors (Lipinski definition) is 0. The van der Waals surface area contributed by atoms with Crippen LogP contribution in [0.4, 0.5) is 0 Å². The SMILES string of the molecule is c1ccc(-c2nc(-c3cccc(-c4nc(-c5ccccc5)nc(-n5c6ccccc6c6ccccc65)n4)c3)nc(-c3cccc([Si](c4ccccc4)(c4ccccc4)c4ccccc4)c3)n2)cc1. The maximum absolute atomic E-state index is 5.30. The lowest BCUT2D eigenvalue weighted by Crippen LogP contribution is -2.74. The molecule has 0 saturated heterocycles. The van der Waals surface area contributed by atoms with Crippen molar-refractivity contribution >= 4 is 50.6 Å². The molecule has 0 saturated carbocycles. The van der Waals surface area contributed by atoms with Gasteiger partial charge in [0.25, 0.3) is 0 Å². The summed E-state index contributed by atoms with van der Waals surface area (Å²) in [6.45, 7) is 0. The third-order valence-electron chi connectivity index (χ3n) is 12.7. The first-order valence-electron chi connectivity index (χ1n) is 22.7. The molecular formula is C60H41N7Si. The molecule has 0 radical (unpaired) electrons. The van der Waals surface area contributed by atoms with Crippen LogP contribution >= 0.6 is 0 Å². The Balaban J connectivity index is 1.03. The van der Waals surface area contributed by atoms with Gasteiger partial charge in [0.2, 0.25) is 5.95 Å². The summed E-state index contributed by atoms with van der Waals surface area (Å²) in [5.41, 5.74) is 6.34. The van der Waals surface area contributed by atoms with E-state index in [0.29, 0.717) is 35.1 Å². The molecule has 3 aromatic heterocycles. The summed E-state index contributed by atoms with van der Waals surface area (Å²) in [5, 5.41) is 7.37. The van der Waals surface area contributed by atoms with Gasteiger partial charge >= 0.3 is 0 Å². The molecule has 3 heterocycles. The van der Waals surface area contributed by atoms with Crippen LogP contribution in [0.3, 0.4) is 0 Å². The van der Waals surface area contributed by atoms with Crippen molar-refractivity contribution in [3.63, 3.8) is 0 Å². The summed E-state index contributed by atoms with van der Waals surface area (Å²) in [4.78, 5) is 31.2. The van der Waals surface area contributed by atoms with Crippen LogP contribution in [0, 0.1) is 0 Å². The molecule has 0 aliphatic rings. The molecule has 0 aliphatic carbocycles. The van der Waals surface area contributed by atoms with E-state index in [1.165, 1.54) is 20.7 Å². The van der Waals surface area contributed by atoms with Gasteiger partial charge in [-0.25, -0.2) is 19.9 Å². The highest BCUT2D eigenvalue weighted by Gasteiger charge is 2.41. The number of rotatable bonds is 10. The van der Waals surface area contributed by atoms with E-state index in [9.17, 15) is 0 Å². The van der Waals surface area contributed by atoms with Gasteiger partial charge in [-0.2, -0.15) is 9.97 Å². The zero-order chi connectivity index (χ0) is 45.3. The van der Waals surface area contributed by atoms with Crippen molar-refractivity contribution in [2.75, 3.05) is 0 Å². The summed E-state index contributed by atoms with van der Waals surface area (Å²) in [7, 11) is -2.84. The summed E-state index contributed by atoms with van der Waals surface area (Å²) in [6, 6.07) is 86.8. The molecule has 0 amide bonds. The number of nitrogens with zero attached hydrogens (tertiary/aromatic N) is 7. The first-order valence-corrected chi connectivity index (χ1v) is 24.7. The lowest BCUT2D eigenvalue weighted by Gasteiger charge is -2.34. The fourth-order valence-electron chi connectivity index (χ4n) is 9.55. The third kappa shape index (κ3) is 7.26. The quantitative estimate of drug-likeness (QED) is 0.100. The Hall–Kier alpha value is -8.98. The lowest BCUT2D eigenvalue weighted by molar-refractivity contribution is 0.953. The molecule has 8 heteroatoms. The highest BCUT2D eigenvalue weighted by molar-refractivity contribution is 7.19. The summed E-state index contributed by atoms with van der Waals surface area (Å²) in [5.74, 6) is 3.35. The van der Waals surface area contributed by atoms with Crippen LogP contribution in [-0.4, -0.2) is 42.5 Å². The van der Waals surface area contributed by atoms with Crippen LogP contribution in [-0.2, 0) is 0 Å². The highest BCUT2D eigenvalue weighted by Crippen LogP contribution is 2.33. The van der Waals surface area contributed by atoms with E-state index in [-0.39, 0.29) is 0 Å². The van der Waals surface area contributed by atoms with Gasteiger partial charge in [-0.05, 0) is 38.9 Å².